The predicted octanol–water partition coefficient (Wildman–Crippen LogP) is 4.59. The Morgan fingerprint density at radius 1 is 1.37 bits per heavy atom. The van der Waals surface area contributed by atoms with Crippen LogP contribution in [0.3, 0.4) is 0 Å². The number of halogens is 2. The fourth-order valence-electron chi connectivity index (χ4n) is 2.17. The van der Waals surface area contributed by atoms with E-state index >= 15 is 0 Å². The Kier molecular flexibility index (Phi) is 5.56. The molecule has 0 spiro atoms. The molecule has 1 aliphatic carbocycles. The molecule has 1 aromatic carbocycles. The molecule has 0 radical (unpaired) electrons. The van der Waals surface area contributed by atoms with Gasteiger partial charge in [-0.25, -0.2) is 0 Å². The van der Waals surface area contributed by atoms with E-state index < -0.39 is 0 Å². The van der Waals surface area contributed by atoms with Crippen LogP contribution in [0, 0.1) is 0 Å². The summed E-state index contributed by atoms with van der Waals surface area (Å²) in [4.78, 5) is 0. The Morgan fingerprint density at radius 2 is 2.21 bits per heavy atom. The fraction of sp³-hybridized carbons (Fsp3) is 0.467. The van der Waals surface area contributed by atoms with Crippen LogP contribution in [-0.4, -0.2) is 12.6 Å². The molecule has 0 heterocycles. The Balaban J connectivity index is 2.20. The minimum Gasteiger partial charge on any atom is -0.484 e. The fourth-order valence-corrected chi connectivity index (χ4v) is 2.75. The minimum atomic E-state index is 0.118. The first-order chi connectivity index (χ1) is 9.20. The molecule has 1 unspecified atom stereocenters. The molecule has 0 aliphatic heterocycles. The van der Waals surface area contributed by atoms with Crippen LogP contribution in [0.5, 0.6) is 5.75 Å². The van der Waals surface area contributed by atoms with E-state index in [1.807, 2.05) is 6.07 Å². The van der Waals surface area contributed by atoms with Crippen molar-refractivity contribution in [1.29, 1.82) is 0 Å². The lowest BCUT2D eigenvalue weighted by atomic mass is 10.1. The maximum Gasteiger partial charge on any atom is 0.143 e. The molecule has 2 rings (SSSR count). The van der Waals surface area contributed by atoms with Crippen LogP contribution in [0.25, 0.3) is 0 Å². The van der Waals surface area contributed by atoms with Crippen LogP contribution in [0.4, 0.5) is 0 Å². The molecular formula is C15H19Cl2NO. The van der Waals surface area contributed by atoms with E-state index in [9.17, 15) is 0 Å². The number of allylic oxidation sites excluding steroid dienone is 1. The van der Waals surface area contributed by atoms with Gasteiger partial charge in [-0.3, -0.25) is 0 Å². The van der Waals surface area contributed by atoms with Crippen molar-refractivity contribution < 1.29 is 4.74 Å². The zero-order valence-corrected chi connectivity index (χ0v) is 12.6. The summed E-state index contributed by atoms with van der Waals surface area (Å²) in [6.45, 7) is 3.67. The number of benzene rings is 1. The quantitative estimate of drug-likeness (QED) is 0.803. The average Bonchev–Trinajstić information content (AvgIpc) is 2.41. The first kappa shape index (κ1) is 14.7. The van der Waals surface area contributed by atoms with Gasteiger partial charge in [0.15, 0.2) is 0 Å². The highest BCUT2D eigenvalue weighted by Gasteiger charge is 2.16. The molecule has 4 heteroatoms. The Morgan fingerprint density at radius 3 is 2.89 bits per heavy atom. The third-order valence-corrected chi connectivity index (χ3v) is 3.63. The zero-order valence-electron chi connectivity index (χ0n) is 11.1. The van der Waals surface area contributed by atoms with Crippen molar-refractivity contribution in [2.75, 3.05) is 6.54 Å². The van der Waals surface area contributed by atoms with E-state index in [0.717, 1.165) is 37.1 Å². The van der Waals surface area contributed by atoms with Crippen molar-refractivity contribution >= 4 is 23.2 Å². The summed E-state index contributed by atoms with van der Waals surface area (Å²) in [5.41, 5.74) is 1.01. The molecule has 104 valence electrons. The van der Waals surface area contributed by atoms with Gasteiger partial charge in [-0.05, 0) is 44.0 Å². The molecule has 2 nitrogen and oxygen atoms in total. The minimum absolute atomic E-state index is 0.118. The molecule has 1 aliphatic rings. The summed E-state index contributed by atoms with van der Waals surface area (Å²) in [6, 6.07) is 3.65. The highest BCUT2D eigenvalue weighted by molar-refractivity contribution is 6.35. The standard InChI is InChI=1S/C15H19Cl2NO/c1-2-18-10-11-8-12(16)9-14(17)15(11)19-13-6-4-3-5-7-13/h4,6,8-9,13,18H,2-3,5,7,10H2,1H3. The Bertz CT molecular complexity index is 460. The predicted molar refractivity (Wildman–Crippen MR) is 81.2 cm³/mol. The molecule has 0 aromatic heterocycles. The maximum absolute atomic E-state index is 6.27. The van der Waals surface area contributed by atoms with Crippen LogP contribution in [-0.2, 0) is 6.54 Å². The van der Waals surface area contributed by atoms with Crippen LogP contribution < -0.4 is 10.1 Å². The zero-order chi connectivity index (χ0) is 13.7. The third kappa shape index (κ3) is 4.13. The molecule has 1 aromatic rings. The second-order valence-electron chi connectivity index (χ2n) is 4.67. The van der Waals surface area contributed by atoms with E-state index in [2.05, 4.69) is 24.4 Å². The topological polar surface area (TPSA) is 21.3 Å². The Labute approximate surface area is 124 Å². The van der Waals surface area contributed by atoms with E-state index in [1.54, 1.807) is 6.07 Å². The largest absolute Gasteiger partial charge is 0.484 e. The summed E-state index contributed by atoms with van der Waals surface area (Å²) in [6.07, 6.45) is 7.74. The normalized spacial score (nSPS) is 18.6. The van der Waals surface area contributed by atoms with Gasteiger partial charge >= 0.3 is 0 Å². The molecule has 19 heavy (non-hydrogen) atoms. The first-order valence-corrected chi connectivity index (χ1v) is 7.48. The average molecular weight is 300 g/mol. The number of hydrogen-bond donors (Lipinski definition) is 1. The summed E-state index contributed by atoms with van der Waals surface area (Å²) < 4.78 is 6.05. The SMILES string of the molecule is CCNCc1cc(Cl)cc(Cl)c1OC1C=CCCC1. The number of hydrogen-bond acceptors (Lipinski definition) is 2. The molecule has 0 saturated carbocycles. The van der Waals surface area contributed by atoms with Crippen LogP contribution in [0.1, 0.15) is 31.7 Å². The van der Waals surface area contributed by atoms with Crippen LogP contribution in [0.2, 0.25) is 10.0 Å². The number of ether oxygens (including phenoxy) is 1. The van der Waals surface area contributed by atoms with Crippen molar-refractivity contribution in [3.8, 4) is 5.75 Å². The van der Waals surface area contributed by atoms with Crippen LogP contribution >= 0.6 is 23.2 Å². The molecular weight excluding hydrogens is 281 g/mol. The van der Waals surface area contributed by atoms with Crippen molar-refractivity contribution in [2.45, 2.75) is 38.8 Å². The van der Waals surface area contributed by atoms with Gasteiger partial charge in [0.25, 0.3) is 0 Å². The highest BCUT2D eigenvalue weighted by Crippen LogP contribution is 2.34. The smallest absolute Gasteiger partial charge is 0.143 e. The first-order valence-electron chi connectivity index (χ1n) is 6.72. The number of rotatable bonds is 5. The highest BCUT2D eigenvalue weighted by atomic mass is 35.5. The molecule has 1 atom stereocenters. The lowest BCUT2D eigenvalue weighted by Crippen LogP contribution is -2.19. The summed E-state index contributed by atoms with van der Waals surface area (Å²) >= 11 is 12.3. The maximum atomic E-state index is 6.27. The lowest BCUT2D eigenvalue weighted by Gasteiger charge is -2.21. The van der Waals surface area contributed by atoms with Crippen molar-refractivity contribution in [3.63, 3.8) is 0 Å². The molecule has 0 bridgehead atoms. The van der Waals surface area contributed by atoms with E-state index in [4.69, 9.17) is 27.9 Å². The number of nitrogens with one attached hydrogen (secondary N) is 1. The lowest BCUT2D eigenvalue weighted by molar-refractivity contribution is 0.227. The van der Waals surface area contributed by atoms with E-state index in [1.165, 1.54) is 0 Å². The Hall–Kier alpha value is -0.700. The molecule has 0 fully saturated rings. The van der Waals surface area contributed by atoms with Gasteiger partial charge in [0.05, 0.1) is 5.02 Å². The van der Waals surface area contributed by atoms with Gasteiger partial charge in [0.2, 0.25) is 0 Å². The van der Waals surface area contributed by atoms with E-state index in [-0.39, 0.29) is 6.10 Å². The van der Waals surface area contributed by atoms with Gasteiger partial charge in [0.1, 0.15) is 11.9 Å². The summed E-state index contributed by atoms with van der Waals surface area (Å²) in [5.74, 6) is 0.753. The second kappa shape index (κ2) is 7.18. The van der Waals surface area contributed by atoms with Crippen LogP contribution in [0.15, 0.2) is 24.3 Å². The third-order valence-electron chi connectivity index (χ3n) is 3.13. The summed E-state index contributed by atoms with van der Waals surface area (Å²) in [7, 11) is 0. The monoisotopic (exact) mass is 299 g/mol. The van der Waals surface area contributed by atoms with Gasteiger partial charge in [0, 0.05) is 17.1 Å². The van der Waals surface area contributed by atoms with Crippen molar-refractivity contribution in [3.05, 3.63) is 39.9 Å². The van der Waals surface area contributed by atoms with Crippen molar-refractivity contribution in [2.24, 2.45) is 0 Å². The van der Waals surface area contributed by atoms with E-state index in [0.29, 0.717) is 16.6 Å². The second-order valence-corrected chi connectivity index (χ2v) is 5.52. The van der Waals surface area contributed by atoms with Gasteiger partial charge in [-0.15, -0.1) is 0 Å². The summed E-state index contributed by atoms with van der Waals surface area (Å²) in [5, 5.41) is 4.51. The molecule has 1 N–H and O–H groups in total. The van der Waals surface area contributed by atoms with Gasteiger partial charge < -0.3 is 10.1 Å². The molecule has 0 saturated heterocycles. The molecule has 0 amide bonds. The van der Waals surface area contributed by atoms with Gasteiger partial charge in [-0.1, -0.05) is 36.2 Å². The van der Waals surface area contributed by atoms with Crippen molar-refractivity contribution in [1.82, 2.24) is 5.32 Å². The van der Waals surface area contributed by atoms with Gasteiger partial charge in [-0.2, -0.15) is 0 Å².